The van der Waals surface area contributed by atoms with Crippen molar-refractivity contribution in [2.24, 2.45) is 0 Å². The molecule has 0 atom stereocenters. The number of hydrogen-bond acceptors (Lipinski definition) is 23. The Labute approximate surface area is 729 Å². The molecule has 122 heavy (non-hydrogen) atoms. The molecule has 7 heterocycles. The molecule has 0 spiro atoms. The molecular formula is C84H80Cl4FN13O15S5. The minimum absolute atomic E-state index is 0.00157. The molecule has 0 bridgehead atoms. The highest BCUT2D eigenvalue weighted by Crippen LogP contribution is 2.37. The van der Waals surface area contributed by atoms with E-state index in [9.17, 15) is 62.6 Å². The van der Waals surface area contributed by atoms with Gasteiger partial charge in [0.05, 0.1) is 79.6 Å². The monoisotopic (exact) mass is 1830 g/mol. The summed E-state index contributed by atoms with van der Waals surface area (Å²) in [5.41, 5.74) is 2.46. The Morgan fingerprint density at radius 3 is 1.36 bits per heavy atom. The first-order valence-electron chi connectivity index (χ1n) is 36.5. The van der Waals surface area contributed by atoms with Gasteiger partial charge in [-0.25, -0.2) is 58.0 Å². The van der Waals surface area contributed by atoms with Crippen LogP contribution in [0.4, 0.5) is 38.5 Å². The van der Waals surface area contributed by atoms with Gasteiger partial charge >= 0.3 is 0 Å². The van der Waals surface area contributed by atoms with E-state index in [0.29, 0.717) is 32.9 Å². The highest BCUT2D eigenvalue weighted by Gasteiger charge is 2.29. The maximum absolute atomic E-state index is 14.3. The highest BCUT2D eigenvalue weighted by molar-refractivity contribution is 7.99. The number of amides is 1. The van der Waals surface area contributed by atoms with Gasteiger partial charge in [-0.3, -0.25) is 58.3 Å². The SMILES string of the molecule is CC(C)(C)c1ccc(S(=O)(=O)Nc2cc(Cl)cnc2Sc2ccncc2)cc1.CC(C)Oc1ccc(S(=O)(=O)Nc2cc(Cl)cnc2C(=O)c2cccc([N+](=O)[O-])c2)cc1.CN(C(=O)c1ncc(Cl)cc1NS(=O)(=O)c1ccc(C(C)(C)C)cc1)c1ccncc1.Cc1ncccc1C(=O)c1ncc(Cl)cc1NS(=O)(=O)c1ccc(OC(C)C)c(F)c1. The standard InChI is InChI=1S/C22H23ClN4O3S.C21H19ClFN3O4S.C21H18ClN3O6S.C20H20ClN3O2S2/c1-22(2,3)15-5-7-18(8-6-15)31(29,30)26-19-13-16(23)14-25-20(19)21(28)27(4)17-9-11-24-12-10-17;1-12(2)30-19-7-6-15(10-17(19)23)31(28,29)26-18-9-14(22)11-25-20(18)21(27)16-5-4-8-24-13(16)3;1-13(2)31-17-6-8-18(9-7-17)32(29,30)24-19-11-15(22)12-23-20(19)21(26)14-4-3-5-16(10-14)25(27)28;1-20(2,3)14-4-6-17(7-5-14)28(25,26)24-18-12-15(21)13-23-19(18)27-16-8-10-22-11-9-16/h5-14,26H,1-4H3;4-12,26H,1-3H3;3-13,24H,1-2H3;4-13,24H,1-3H3. The Balaban J connectivity index is 0.000000185. The lowest BCUT2D eigenvalue weighted by Crippen LogP contribution is -2.28. The number of carbonyl (C=O) groups is 3. The molecule has 0 aliphatic carbocycles. The van der Waals surface area contributed by atoms with Crippen LogP contribution in [0.5, 0.6) is 11.5 Å². The summed E-state index contributed by atoms with van der Waals surface area (Å²) in [4.78, 5) is 79.7. The van der Waals surface area contributed by atoms with E-state index in [4.69, 9.17) is 55.9 Å². The van der Waals surface area contributed by atoms with Gasteiger partial charge in [0.25, 0.3) is 51.7 Å². The van der Waals surface area contributed by atoms with Gasteiger partial charge in [-0.05, 0) is 184 Å². The van der Waals surface area contributed by atoms with E-state index < -0.39 is 68.3 Å². The van der Waals surface area contributed by atoms with Gasteiger partial charge in [0, 0.05) is 102 Å². The third-order valence-corrected chi connectivity index (χ3v) is 24.3. The van der Waals surface area contributed by atoms with Crippen molar-refractivity contribution in [3.8, 4) is 11.5 Å². The number of benzene rings is 5. The van der Waals surface area contributed by atoms with Crippen LogP contribution < -0.4 is 33.3 Å². The van der Waals surface area contributed by atoms with E-state index in [-0.39, 0.29) is 114 Å². The third kappa shape index (κ3) is 25.7. The molecule has 7 aromatic heterocycles. The minimum Gasteiger partial charge on any atom is -0.491 e. The molecule has 12 rings (SSSR count). The zero-order chi connectivity index (χ0) is 89.4. The first-order valence-corrected chi connectivity index (χ1v) is 44.7. The number of rotatable bonds is 25. The highest BCUT2D eigenvalue weighted by atomic mass is 35.5. The molecule has 28 nitrogen and oxygen atoms in total. The van der Waals surface area contributed by atoms with Crippen LogP contribution in [0.2, 0.25) is 20.1 Å². The largest absolute Gasteiger partial charge is 0.491 e. The maximum atomic E-state index is 14.3. The number of ketones is 2. The molecule has 0 unspecified atom stereocenters. The molecule has 0 fully saturated rings. The molecule has 0 radical (unpaired) electrons. The Kier molecular flexibility index (Phi) is 31.2. The molecule has 0 aliphatic rings. The molecule has 0 saturated carbocycles. The second-order valence-electron chi connectivity index (χ2n) is 29.0. The minimum atomic E-state index is -4.26. The number of aromatic nitrogens is 7. The number of nitro groups is 1. The van der Waals surface area contributed by atoms with Crippen molar-refractivity contribution in [2.45, 2.75) is 129 Å². The fourth-order valence-electron chi connectivity index (χ4n) is 10.8. The number of halogens is 5. The number of hydrogen-bond donors (Lipinski definition) is 4. The lowest BCUT2D eigenvalue weighted by Gasteiger charge is -2.20. The summed E-state index contributed by atoms with van der Waals surface area (Å²) in [6.45, 7) is 21.2. The van der Waals surface area contributed by atoms with Crippen LogP contribution in [0, 0.1) is 22.9 Å². The molecule has 38 heteroatoms. The second-order valence-corrected chi connectivity index (χ2v) is 38.5. The number of nitro benzene ring substituents is 1. The zero-order valence-electron chi connectivity index (χ0n) is 67.2. The van der Waals surface area contributed by atoms with Crippen LogP contribution >= 0.6 is 58.2 Å². The lowest BCUT2D eigenvalue weighted by atomic mass is 9.87. The van der Waals surface area contributed by atoms with Gasteiger partial charge in [-0.1, -0.05) is 136 Å². The van der Waals surface area contributed by atoms with Crippen molar-refractivity contribution in [2.75, 3.05) is 30.8 Å². The summed E-state index contributed by atoms with van der Waals surface area (Å²) < 4.78 is 138. The van der Waals surface area contributed by atoms with Gasteiger partial charge in [0.2, 0.25) is 11.6 Å². The van der Waals surface area contributed by atoms with E-state index in [1.54, 1.807) is 107 Å². The number of ether oxygens (including phenoxy) is 2. The van der Waals surface area contributed by atoms with Crippen LogP contribution in [-0.2, 0) is 50.9 Å². The molecule has 0 saturated heterocycles. The molecule has 5 aromatic carbocycles. The van der Waals surface area contributed by atoms with Gasteiger partial charge in [0.1, 0.15) is 22.2 Å². The lowest BCUT2D eigenvalue weighted by molar-refractivity contribution is -0.384. The molecule has 0 aliphatic heterocycles. The molecule has 12 aromatic rings. The number of non-ortho nitro benzene ring substituents is 1. The summed E-state index contributed by atoms with van der Waals surface area (Å²) in [7, 11) is -14.5. The fraction of sp³-hybridized carbons (Fsp3) is 0.190. The average Bonchev–Trinajstić information content (AvgIpc) is 0.803. The summed E-state index contributed by atoms with van der Waals surface area (Å²) in [5.74, 6) is -2.13. The molecule has 636 valence electrons. The first kappa shape index (κ1) is 94.3. The van der Waals surface area contributed by atoms with E-state index in [1.165, 1.54) is 133 Å². The van der Waals surface area contributed by atoms with Gasteiger partial charge < -0.3 is 14.4 Å². The predicted molar refractivity (Wildman–Crippen MR) is 469 cm³/mol. The molecule has 1 amide bonds. The van der Waals surface area contributed by atoms with Crippen molar-refractivity contribution >= 4 is 150 Å². The topological polar surface area (TPSA) is 391 Å². The van der Waals surface area contributed by atoms with Gasteiger partial charge in [-0.15, -0.1) is 0 Å². The van der Waals surface area contributed by atoms with Gasteiger partial charge in [-0.2, -0.15) is 0 Å². The first-order chi connectivity index (χ1) is 57.3. The van der Waals surface area contributed by atoms with Crippen LogP contribution in [0.15, 0.2) is 261 Å². The van der Waals surface area contributed by atoms with Crippen LogP contribution in [0.1, 0.15) is 129 Å². The smallest absolute Gasteiger partial charge is 0.278 e. The molecule has 4 N–H and O–H groups in total. The van der Waals surface area contributed by atoms with Crippen molar-refractivity contribution in [1.82, 2.24) is 34.9 Å². The normalized spacial score (nSPS) is 11.6. The summed E-state index contributed by atoms with van der Waals surface area (Å²) in [6, 6.07) is 43.1. The Bertz CT molecular complexity index is 6310. The van der Waals surface area contributed by atoms with E-state index in [0.717, 1.165) is 28.2 Å². The number of nitrogens with one attached hydrogen (secondary N) is 4. The fourth-order valence-corrected chi connectivity index (χ4v) is 16.6. The number of pyridine rings is 7. The van der Waals surface area contributed by atoms with Crippen molar-refractivity contribution in [1.29, 1.82) is 0 Å². The summed E-state index contributed by atoms with van der Waals surface area (Å²) in [5, 5.41) is 12.3. The van der Waals surface area contributed by atoms with Gasteiger partial charge in [0.15, 0.2) is 17.3 Å². The van der Waals surface area contributed by atoms with Crippen LogP contribution in [0.3, 0.4) is 0 Å². The Hall–Kier alpha value is -11.6. The zero-order valence-corrected chi connectivity index (χ0v) is 74.3. The second kappa shape index (κ2) is 40.4. The van der Waals surface area contributed by atoms with E-state index >= 15 is 0 Å². The van der Waals surface area contributed by atoms with E-state index in [1.807, 2.05) is 58.9 Å². The maximum Gasteiger partial charge on any atom is 0.278 e. The molecular weight excluding hydrogens is 1750 g/mol. The predicted octanol–water partition coefficient (Wildman–Crippen LogP) is 18.7. The number of anilines is 5. The van der Waals surface area contributed by atoms with E-state index in [2.05, 4.69) is 74.5 Å². The number of sulfonamides is 4. The van der Waals surface area contributed by atoms with Crippen molar-refractivity contribution in [3.63, 3.8) is 0 Å². The number of aryl methyl sites for hydroxylation is 1. The summed E-state index contributed by atoms with van der Waals surface area (Å²) in [6.07, 6.45) is 12.8. The third-order valence-electron chi connectivity index (χ3n) is 16.9. The van der Waals surface area contributed by atoms with Crippen molar-refractivity contribution < 1.29 is 66.8 Å². The Morgan fingerprint density at radius 2 is 0.902 bits per heavy atom. The average molecular weight is 1830 g/mol. The van der Waals surface area contributed by atoms with Crippen LogP contribution in [-0.4, -0.2) is 110 Å². The Morgan fingerprint density at radius 1 is 0.484 bits per heavy atom. The quantitative estimate of drug-likeness (QED) is 0.0234. The number of nitrogens with zero attached hydrogens (tertiary/aromatic N) is 9. The van der Waals surface area contributed by atoms with Crippen molar-refractivity contribution in [3.05, 3.63) is 313 Å². The van der Waals surface area contributed by atoms with Crippen LogP contribution in [0.25, 0.3) is 0 Å². The summed E-state index contributed by atoms with van der Waals surface area (Å²) >= 11 is 25.3. The number of carbonyl (C=O) groups excluding carboxylic acids is 3.